The Morgan fingerprint density at radius 1 is 0.447 bits per heavy atom. The molecule has 0 aliphatic rings. The molecule has 5 rings (SSSR count). The molecule has 5 aromatic carbocycles. The van der Waals surface area contributed by atoms with E-state index in [0.29, 0.717) is 0 Å². The summed E-state index contributed by atoms with van der Waals surface area (Å²) in [7, 11) is -1.45. The van der Waals surface area contributed by atoms with Gasteiger partial charge in [-0.05, 0) is 48.5 Å². The van der Waals surface area contributed by atoms with Gasteiger partial charge in [0.05, 0.1) is 37.1 Å². The first kappa shape index (κ1) is 32.0. The molecule has 5 aromatic rings. The van der Waals surface area contributed by atoms with Gasteiger partial charge in [0.15, 0.2) is 0 Å². The van der Waals surface area contributed by atoms with Crippen molar-refractivity contribution >= 4 is 45.9 Å². The topological polar surface area (TPSA) is 0 Å². The van der Waals surface area contributed by atoms with Gasteiger partial charge < -0.3 is 0 Å². The molecule has 0 bridgehead atoms. The van der Waals surface area contributed by atoms with E-state index < -0.39 is 15.8 Å². The third-order valence-electron chi connectivity index (χ3n) is 5.67. The van der Waals surface area contributed by atoms with Crippen molar-refractivity contribution in [1.29, 1.82) is 0 Å². The van der Waals surface area contributed by atoms with Crippen molar-refractivity contribution in [3.05, 3.63) is 152 Å². The Balaban J connectivity index is 0.000000434. The first-order chi connectivity index (χ1) is 18.1. The summed E-state index contributed by atoms with van der Waals surface area (Å²) in [6, 6.07) is 54.5. The van der Waals surface area contributed by atoms with E-state index >= 15 is 0 Å². The van der Waals surface area contributed by atoms with Crippen molar-refractivity contribution in [3.8, 4) is 0 Å². The van der Waals surface area contributed by atoms with Crippen LogP contribution < -0.4 is 21.2 Å². The van der Waals surface area contributed by atoms with E-state index in [0.717, 1.165) is 0 Å². The van der Waals surface area contributed by atoms with Crippen LogP contribution in [0.4, 0.5) is 0 Å². The average Bonchev–Trinajstić information content (AvgIpc) is 3.54. The Morgan fingerprint density at radius 3 is 0.868 bits per heavy atom. The molecule has 0 aliphatic carbocycles. The molecule has 0 N–H and O–H groups in total. The maximum atomic E-state index is 2.32. The minimum atomic E-state index is -0.783. The van der Waals surface area contributed by atoms with E-state index in [-0.39, 0.29) is 25.9 Å². The maximum absolute atomic E-state index is 2.32. The van der Waals surface area contributed by atoms with Gasteiger partial charge in [-0.25, -0.2) is 12.1 Å². The quantitative estimate of drug-likeness (QED) is 0.104. The van der Waals surface area contributed by atoms with E-state index in [2.05, 4.69) is 141 Å². The Hall–Kier alpha value is -2.17. The largest absolute Gasteiger partial charge is 5.00 e. The number of hydrogen-bond acceptors (Lipinski definition) is 0. The molecule has 0 nitrogen and oxygen atoms in total. The summed E-state index contributed by atoms with van der Waals surface area (Å²) in [6.45, 7) is 6.81. The molecular formula is C34H40FeP2Si+6. The standard InChI is InChI=1S/C26H24P2.C5H5.C3H9Si.Fe/c1-5-13-23(14-6-1)27(24-15-7-2-8-16-24)21-22-28(25-17-9-3-10-18-25)26-19-11-4-12-20-26;1-2-4-5-3-1;1-4(2)3;/h1-20H,21-22H2;1-5H;1-3H3;/q;-1;;+5/p+2. The molecular weight excluding hydrogens is 554 g/mol. The summed E-state index contributed by atoms with van der Waals surface area (Å²) in [5.41, 5.74) is 0. The number of rotatable bonds is 7. The predicted octanol–water partition coefficient (Wildman–Crippen LogP) is 7.49. The zero-order chi connectivity index (χ0) is 26.1. The summed E-state index contributed by atoms with van der Waals surface area (Å²) >= 11 is 0. The van der Waals surface area contributed by atoms with Crippen molar-refractivity contribution in [2.75, 3.05) is 12.3 Å². The van der Waals surface area contributed by atoms with Gasteiger partial charge >= 0.3 is 17.1 Å². The second-order valence-electron chi connectivity index (χ2n) is 9.38. The molecule has 2 radical (unpaired) electrons. The first-order valence-corrected chi connectivity index (χ1v) is 19.4. The van der Waals surface area contributed by atoms with Crippen LogP contribution in [0.1, 0.15) is 0 Å². The number of benzene rings is 4. The van der Waals surface area contributed by atoms with Crippen molar-refractivity contribution in [3.63, 3.8) is 0 Å². The second-order valence-corrected chi connectivity index (χ2v) is 17.6. The molecule has 0 saturated heterocycles. The fraction of sp³-hybridized carbons (Fsp3) is 0.147. The van der Waals surface area contributed by atoms with Crippen LogP contribution in [0.25, 0.3) is 0 Å². The molecule has 0 amide bonds. The Kier molecular flexibility index (Phi) is 16.0. The molecule has 0 atom stereocenters. The van der Waals surface area contributed by atoms with Gasteiger partial charge in [0, 0.05) is 8.80 Å². The zero-order valence-electron chi connectivity index (χ0n) is 22.7. The fourth-order valence-electron chi connectivity index (χ4n) is 4.04. The zero-order valence-corrected chi connectivity index (χ0v) is 26.8. The summed E-state index contributed by atoms with van der Waals surface area (Å²) in [5, 5.41) is 6.06. The molecule has 0 unspecified atom stereocenters. The SMILES string of the molecule is C[Si](C)C.[Fe+5].c1cc[cH-]c1.c1ccc([PH+](CC[PH+](c2ccccc2)c2ccccc2)c2ccccc2)cc1. The molecule has 0 spiro atoms. The first-order valence-electron chi connectivity index (χ1n) is 13.0. The van der Waals surface area contributed by atoms with Gasteiger partial charge in [0.2, 0.25) is 0 Å². The van der Waals surface area contributed by atoms with E-state index in [9.17, 15) is 0 Å². The van der Waals surface area contributed by atoms with E-state index in [4.69, 9.17) is 0 Å². The third kappa shape index (κ3) is 11.7. The molecule has 192 valence electrons. The van der Waals surface area contributed by atoms with Gasteiger partial charge in [0.25, 0.3) is 0 Å². The minimum absolute atomic E-state index is 0. The Labute approximate surface area is 245 Å². The van der Waals surface area contributed by atoms with Crippen LogP contribution in [-0.2, 0) is 17.1 Å². The van der Waals surface area contributed by atoms with Crippen LogP contribution in [0.5, 0.6) is 0 Å². The molecule has 0 aromatic heterocycles. The molecule has 0 fully saturated rings. The normalized spacial score (nSPS) is 10.2. The van der Waals surface area contributed by atoms with E-state index in [1.165, 1.54) is 33.5 Å². The van der Waals surface area contributed by atoms with Crippen molar-refractivity contribution in [2.24, 2.45) is 0 Å². The van der Waals surface area contributed by atoms with Crippen LogP contribution >= 0.6 is 15.8 Å². The van der Waals surface area contributed by atoms with Crippen LogP contribution in [0.15, 0.2) is 152 Å². The molecule has 0 saturated carbocycles. The average molecular weight is 595 g/mol. The summed E-state index contributed by atoms with van der Waals surface area (Å²) in [6.07, 6.45) is 2.52. The molecule has 4 heteroatoms. The van der Waals surface area contributed by atoms with Gasteiger partial charge in [-0.15, -0.1) is 0 Å². The maximum Gasteiger partial charge on any atom is 5.00 e. The van der Waals surface area contributed by atoms with Crippen LogP contribution in [0, 0.1) is 0 Å². The van der Waals surface area contributed by atoms with Crippen molar-refractivity contribution in [2.45, 2.75) is 19.6 Å². The van der Waals surface area contributed by atoms with Crippen LogP contribution in [0.3, 0.4) is 0 Å². The van der Waals surface area contributed by atoms with E-state index in [1.807, 2.05) is 30.3 Å². The fourth-order valence-corrected chi connectivity index (χ4v) is 10.2. The van der Waals surface area contributed by atoms with Crippen LogP contribution in [0.2, 0.25) is 19.6 Å². The minimum Gasteiger partial charge on any atom is -0.214 e. The second kappa shape index (κ2) is 19.0. The van der Waals surface area contributed by atoms with Gasteiger partial charge in [-0.2, -0.15) is 18.2 Å². The van der Waals surface area contributed by atoms with E-state index in [1.54, 1.807) is 0 Å². The Morgan fingerprint density at radius 2 is 0.684 bits per heavy atom. The van der Waals surface area contributed by atoms with Crippen molar-refractivity contribution < 1.29 is 17.1 Å². The predicted molar refractivity (Wildman–Crippen MR) is 176 cm³/mol. The van der Waals surface area contributed by atoms with Crippen LogP contribution in [-0.4, -0.2) is 21.1 Å². The molecule has 38 heavy (non-hydrogen) atoms. The smallest absolute Gasteiger partial charge is 0.214 e. The monoisotopic (exact) mass is 594 g/mol. The molecule has 0 heterocycles. The third-order valence-corrected chi connectivity index (χ3v) is 11.8. The Bertz CT molecular complexity index is 1020. The summed E-state index contributed by atoms with van der Waals surface area (Å²) < 4.78 is 0. The number of hydrogen-bond donors (Lipinski definition) is 0. The molecule has 0 aliphatic heterocycles. The van der Waals surface area contributed by atoms with Gasteiger partial charge in [-0.3, -0.25) is 0 Å². The van der Waals surface area contributed by atoms with Gasteiger partial charge in [-0.1, -0.05) is 92.4 Å². The van der Waals surface area contributed by atoms with Crippen molar-refractivity contribution in [1.82, 2.24) is 0 Å². The summed E-state index contributed by atoms with van der Waals surface area (Å²) in [4.78, 5) is 0. The van der Waals surface area contributed by atoms with Gasteiger partial charge in [0.1, 0.15) is 12.3 Å². The summed E-state index contributed by atoms with van der Waals surface area (Å²) in [5.74, 6) is 0.